The van der Waals surface area contributed by atoms with Crippen LogP contribution < -0.4 is 5.32 Å². The van der Waals surface area contributed by atoms with E-state index in [4.69, 9.17) is 0 Å². The quantitative estimate of drug-likeness (QED) is 0.759. The first kappa shape index (κ1) is 14.6. The molecule has 0 aromatic heterocycles. The molecule has 1 aromatic carbocycles. The van der Waals surface area contributed by atoms with Crippen LogP contribution in [0, 0.1) is 19.8 Å². The van der Waals surface area contributed by atoms with Crippen LogP contribution in [-0.2, 0) is 0 Å². The minimum atomic E-state index is 0.469. The smallest absolute Gasteiger partial charge is 0.0294 e. The molecule has 0 heterocycles. The largest absolute Gasteiger partial charge is 0.307 e. The number of hydrogen-bond donors (Lipinski definition) is 1. The molecule has 0 spiro atoms. The van der Waals surface area contributed by atoms with Crippen molar-refractivity contribution in [2.24, 2.45) is 5.92 Å². The van der Waals surface area contributed by atoms with E-state index < -0.39 is 0 Å². The van der Waals surface area contributed by atoms with E-state index in [0.29, 0.717) is 12.1 Å². The first-order chi connectivity index (χ1) is 9.04. The Kier molecular flexibility index (Phi) is 5.04. The fourth-order valence-electron chi connectivity index (χ4n) is 3.36. The van der Waals surface area contributed by atoms with Gasteiger partial charge in [-0.2, -0.15) is 0 Å². The summed E-state index contributed by atoms with van der Waals surface area (Å²) in [5, 5.41) is 3.85. The van der Waals surface area contributed by atoms with Gasteiger partial charge in [0.05, 0.1) is 0 Å². The van der Waals surface area contributed by atoms with Crippen molar-refractivity contribution < 1.29 is 0 Å². The second kappa shape index (κ2) is 6.56. The molecular formula is C18H29N. The molecule has 1 aliphatic carbocycles. The summed E-state index contributed by atoms with van der Waals surface area (Å²) in [6, 6.07) is 8.08. The predicted octanol–water partition coefficient (Wildman–Crippen LogP) is 4.92. The van der Waals surface area contributed by atoms with Gasteiger partial charge in [-0.05, 0) is 51.5 Å². The molecule has 1 aromatic rings. The molecule has 0 amide bonds. The van der Waals surface area contributed by atoms with Crippen LogP contribution in [0.2, 0.25) is 0 Å². The maximum atomic E-state index is 3.85. The minimum absolute atomic E-state index is 0.469. The maximum Gasteiger partial charge on any atom is 0.0294 e. The monoisotopic (exact) mass is 259 g/mol. The third-order valence-corrected chi connectivity index (χ3v) is 4.49. The lowest BCUT2D eigenvalue weighted by atomic mass is 10.00. The summed E-state index contributed by atoms with van der Waals surface area (Å²) in [5.41, 5.74) is 4.19. The van der Waals surface area contributed by atoms with Crippen LogP contribution in [0.5, 0.6) is 0 Å². The Morgan fingerprint density at radius 2 is 1.68 bits per heavy atom. The number of rotatable bonds is 3. The number of benzene rings is 1. The summed E-state index contributed by atoms with van der Waals surface area (Å²) >= 11 is 0. The third kappa shape index (κ3) is 4.35. The van der Waals surface area contributed by atoms with Crippen LogP contribution >= 0.6 is 0 Å². The zero-order chi connectivity index (χ0) is 13.8. The van der Waals surface area contributed by atoms with E-state index in [9.17, 15) is 0 Å². The first-order valence-corrected chi connectivity index (χ1v) is 7.89. The lowest BCUT2D eigenvalue weighted by molar-refractivity contribution is 0.408. The Balaban J connectivity index is 1.97. The maximum absolute atomic E-state index is 3.85. The molecule has 0 aliphatic heterocycles. The van der Waals surface area contributed by atoms with Gasteiger partial charge in [-0.15, -0.1) is 0 Å². The van der Waals surface area contributed by atoms with E-state index in [1.54, 1.807) is 0 Å². The van der Waals surface area contributed by atoms with Crippen molar-refractivity contribution in [2.75, 3.05) is 0 Å². The van der Waals surface area contributed by atoms with Gasteiger partial charge in [0.25, 0.3) is 0 Å². The molecule has 106 valence electrons. The Bertz CT molecular complexity index is 390. The average molecular weight is 259 g/mol. The lowest BCUT2D eigenvalue weighted by Crippen LogP contribution is -2.31. The highest BCUT2D eigenvalue weighted by Gasteiger charge is 2.18. The van der Waals surface area contributed by atoms with Crippen molar-refractivity contribution >= 4 is 0 Å². The van der Waals surface area contributed by atoms with E-state index in [2.05, 4.69) is 51.2 Å². The summed E-state index contributed by atoms with van der Waals surface area (Å²) in [5.74, 6) is 0.920. The van der Waals surface area contributed by atoms with E-state index in [1.807, 2.05) is 0 Å². The second-order valence-corrected chi connectivity index (χ2v) is 6.62. The predicted molar refractivity (Wildman–Crippen MR) is 83.5 cm³/mol. The highest BCUT2D eigenvalue weighted by atomic mass is 14.9. The molecule has 19 heavy (non-hydrogen) atoms. The molecule has 2 rings (SSSR count). The van der Waals surface area contributed by atoms with Gasteiger partial charge in [0.15, 0.2) is 0 Å². The SMILES string of the molecule is Cc1cc(C)cc(C(C)NC2CCCC(C)CC2)c1. The number of hydrogen-bond acceptors (Lipinski definition) is 1. The molecule has 1 nitrogen and oxygen atoms in total. The van der Waals surface area contributed by atoms with Crippen LogP contribution in [0.4, 0.5) is 0 Å². The van der Waals surface area contributed by atoms with Crippen LogP contribution in [-0.4, -0.2) is 6.04 Å². The molecule has 3 unspecified atom stereocenters. The first-order valence-electron chi connectivity index (χ1n) is 7.89. The van der Waals surface area contributed by atoms with Crippen molar-refractivity contribution in [1.29, 1.82) is 0 Å². The van der Waals surface area contributed by atoms with Crippen LogP contribution in [0.1, 0.15) is 68.7 Å². The molecule has 1 heteroatoms. The molecule has 1 saturated carbocycles. The van der Waals surface area contributed by atoms with Gasteiger partial charge in [-0.1, -0.05) is 49.1 Å². The van der Waals surface area contributed by atoms with E-state index >= 15 is 0 Å². The van der Waals surface area contributed by atoms with Crippen molar-refractivity contribution in [1.82, 2.24) is 5.32 Å². The topological polar surface area (TPSA) is 12.0 Å². The van der Waals surface area contributed by atoms with Crippen molar-refractivity contribution in [2.45, 2.75) is 71.9 Å². The zero-order valence-corrected chi connectivity index (χ0v) is 13.0. The summed E-state index contributed by atoms with van der Waals surface area (Å²) < 4.78 is 0. The Morgan fingerprint density at radius 3 is 2.37 bits per heavy atom. The Labute approximate surface area is 118 Å². The molecular weight excluding hydrogens is 230 g/mol. The minimum Gasteiger partial charge on any atom is -0.307 e. The summed E-state index contributed by atoms with van der Waals surface area (Å²) in [4.78, 5) is 0. The van der Waals surface area contributed by atoms with Crippen LogP contribution in [0.25, 0.3) is 0 Å². The fourth-order valence-corrected chi connectivity index (χ4v) is 3.36. The molecule has 0 radical (unpaired) electrons. The van der Waals surface area contributed by atoms with Crippen molar-refractivity contribution in [3.8, 4) is 0 Å². The molecule has 1 aliphatic rings. The molecule has 0 saturated heterocycles. The summed E-state index contributed by atoms with van der Waals surface area (Å²) in [6.07, 6.45) is 6.88. The standard InChI is InChI=1S/C18H29N/c1-13-6-5-7-18(9-8-13)19-16(4)17-11-14(2)10-15(3)12-17/h10-13,16,18-19H,5-9H2,1-4H3. The molecule has 1 N–H and O–H groups in total. The number of nitrogens with one attached hydrogen (secondary N) is 1. The van der Waals surface area contributed by atoms with Gasteiger partial charge in [-0.25, -0.2) is 0 Å². The molecule has 3 atom stereocenters. The van der Waals surface area contributed by atoms with Gasteiger partial charge >= 0.3 is 0 Å². The molecule has 0 bridgehead atoms. The highest BCUT2D eigenvalue weighted by Crippen LogP contribution is 2.25. The molecule has 1 fully saturated rings. The fraction of sp³-hybridized carbons (Fsp3) is 0.667. The van der Waals surface area contributed by atoms with E-state index in [1.165, 1.54) is 48.8 Å². The Hall–Kier alpha value is -0.820. The van der Waals surface area contributed by atoms with Crippen LogP contribution in [0.15, 0.2) is 18.2 Å². The van der Waals surface area contributed by atoms with E-state index in [-0.39, 0.29) is 0 Å². The van der Waals surface area contributed by atoms with Crippen molar-refractivity contribution in [3.63, 3.8) is 0 Å². The second-order valence-electron chi connectivity index (χ2n) is 6.62. The number of aryl methyl sites for hydroxylation is 2. The summed E-state index contributed by atoms with van der Waals surface area (Å²) in [7, 11) is 0. The van der Waals surface area contributed by atoms with Crippen molar-refractivity contribution in [3.05, 3.63) is 34.9 Å². The van der Waals surface area contributed by atoms with Gasteiger partial charge in [0.2, 0.25) is 0 Å². The lowest BCUT2D eigenvalue weighted by Gasteiger charge is -2.23. The van der Waals surface area contributed by atoms with Gasteiger partial charge < -0.3 is 5.32 Å². The normalized spacial score (nSPS) is 25.9. The van der Waals surface area contributed by atoms with Gasteiger partial charge in [-0.3, -0.25) is 0 Å². The highest BCUT2D eigenvalue weighted by molar-refractivity contribution is 5.30. The van der Waals surface area contributed by atoms with Gasteiger partial charge in [0.1, 0.15) is 0 Å². The van der Waals surface area contributed by atoms with Crippen LogP contribution in [0.3, 0.4) is 0 Å². The van der Waals surface area contributed by atoms with E-state index in [0.717, 1.165) is 5.92 Å². The summed E-state index contributed by atoms with van der Waals surface area (Å²) in [6.45, 7) is 9.09. The average Bonchev–Trinajstić information content (AvgIpc) is 2.53. The third-order valence-electron chi connectivity index (χ3n) is 4.49. The Morgan fingerprint density at radius 1 is 1.00 bits per heavy atom. The van der Waals surface area contributed by atoms with Gasteiger partial charge in [0, 0.05) is 12.1 Å². The zero-order valence-electron chi connectivity index (χ0n) is 13.0.